The van der Waals surface area contributed by atoms with E-state index in [2.05, 4.69) is 20.9 Å². The van der Waals surface area contributed by atoms with E-state index in [9.17, 15) is 10.1 Å². The molecule has 2 heterocycles. The Bertz CT molecular complexity index is 824. The maximum atomic E-state index is 10.3. The molecular weight excluding hydrogens is 847 g/mol. The first-order valence-electron chi connectivity index (χ1n) is 12.0. The minimum absolute atomic E-state index is 0. The third kappa shape index (κ3) is 16.5. The number of nitrogens with one attached hydrogen (secondary N) is 1. The molecule has 7 N–H and O–H groups in total. The number of nitrogen functional groups attached to an aromatic ring is 3. The summed E-state index contributed by atoms with van der Waals surface area (Å²) in [5.74, 6) is 0. The van der Waals surface area contributed by atoms with Crippen LogP contribution in [0.3, 0.4) is 0 Å². The summed E-state index contributed by atoms with van der Waals surface area (Å²) in [4.78, 5) is 11.9. The summed E-state index contributed by atoms with van der Waals surface area (Å²) in [6, 6.07) is 10.2. The number of benzene rings is 2. The molecule has 2 saturated heterocycles. The second kappa shape index (κ2) is 27.2. The van der Waals surface area contributed by atoms with Crippen LogP contribution in [0.15, 0.2) is 36.4 Å². The molecule has 0 aliphatic carbocycles. The van der Waals surface area contributed by atoms with Crippen LogP contribution in [0.5, 0.6) is 0 Å². The zero-order valence-corrected chi connectivity index (χ0v) is 28.8. The Hall–Kier alpha value is -1.41. The molecule has 2 aromatic rings. The van der Waals surface area contributed by atoms with Crippen LogP contribution in [0, 0.1) is 10.1 Å². The molecule has 0 bridgehead atoms. The molecule has 0 atom stereocenters. The van der Waals surface area contributed by atoms with E-state index >= 15 is 0 Å². The Labute approximate surface area is 262 Å². The van der Waals surface area contributed by atoms with Crippen LogP contribution < -0.4 is 27.4 Å². The fourth-order valence-electron chi connectivity index (χ4n) is 2.97. The monoisotopic (exact) mass is 892 g/mol. The number of hydrogen-bond acceptors (Lipinski definition) is 7. The van der Waals surface area contributed by atoms with Crippen molar-refractivity contribution in [1.29, 1.82) is 0 Å². The number of hydrogen-bond donors (Lipinski definition) is 4. The fourth-order valence-corrected chi connectivity index (χ4v) is 3.22. The van der Waals surface area contributed by atoms with Gasteiger partial charge in [-0.3, -0.25) is 10.1 Å². The molecule has 2 aliphatic heterocycles. The van der Waals surface area contributed by atoms with Crippen molar-refractivity contribution in [2.45, 2.75) is 35.1 Å². The zero-order valence-electron chi connectivity index (χ0n) is 22.2. The van der Waals surface area contributed by atoms with Crippen LogP contribution >= 0.6 is 11.6 Å². The van der Waals surface area contributed by atoms with E-state index in [0.29, 0.717) is 11.4 Å². The van der Waals surface area contributed by atoms with Gasteiger partial charge in [-0.05, 0) is 50.4 Å². The molecule has 0 radical (unpaired) electrons. The smallest absolute Gasteiger partial charge is 0.310 e. The van der Waals surface area contributed by atoms with E-state index in [-0.39, 0.29) is 66.0 Å². The van der Waals surface area contributed by atoms with E-state index in [0.717, 1.165) is 58.0 Å². The van der Waals surface area contributed by atoms with Gasteiger partial charge in [0, 0.05) is 42.1 Å². The predicted octanol–water partition coefficient (Wildman–Crippen LogP) is 5.52. The summed E-state index contributed by atoms with van der Waals surface area (Å²) in [6.07, 6.45) is 0. The van der Waals surface area contributed by atoms with E-state index in [1.165, 1.54) is 12.1 Å². The van der Waals surface area contributed by atoms with Gasteiger partial charge in [-0.25, -0.2) is 0 Å². The molecule has 0 amide bonds. The van der Waals surface area contributed by atoms with Crippen LogP contribution in [0.25, 0.3) is 10.6 Å². The van der Waals surface area contributed by atoms with Crippen molar-refractivity contribution < 1.29 is 47.1 Å². The summed E-state index contributed by atoms with van der Waals surface area (Å²) < 4.78 is 0. The molecule has 218 valence electrons. The van der Waals surface area contributed by atoms with Gasteiger partial charge < -0.3 is 38.1 Å². The molecular formula is C25H45ClN8O2W2-2. The average Bonchev–Trinajstić information content (AvgIpc) is 2.90. The van der Waals surface area contributed by atoms with E-state index in [1.807, 2.05) is 45.9 Å². The Kier molecular flexibility index (Phi) is 31.2. The number of nitrogens with zero attached hydrogens (tertiary/aromatic N) is 4. The van der Waals surface area contributed by atoms with Gasteiger partial charge in [0.15, 0.2) is 0 Å². The molecule has 0 aromatic heterocycles. The summed E-state index contributed by atoms with van der Waals surface area (Å²) in [7, 11) is 0. The number of piperazine rings is 2. The molecule has 0 saturated carbocycles. The minimum Gasteiger partial charge on any atom is -0.660 e. The van der Waals surface area contributed by atoms with Gasteiger partial charge in [-0.2, -0.15) is 0 Å². The number of rotatable bonds is 2. The van der Waals surface area contributed by atoms with Gasteiger partial charge in [-0.1, -0.05) is 58.9 Å². The summed E-state index contributed by atoms with van der Waals surface area (Å²) >= 11 is 5.50. The number of para-hydroxylation sites is 2. The van der Waals surface area contributed by atoms with Crippen LogP contribution in [0.1, 0.15) is 35.1 Å². The molecule has 13 heteroatoms. The Balaban J connectivity index is -0.000000217. The number of halogens is 1. The molecule has 0 spiro atoms. The van der Waals surface area contributed by atoms with Crippen molar-refractivity contribution in [2.75, 3.05) is 74.5 Å². The molecule has 0 unspecified atom stereocenters. The largest absolute Gasteiger partial charge is 0.660 e. The summed E-state index contributed by atoms with van der Waals surface area (Å²) in [6.45, 7) is 15.8. The average molecular weight is 893 g/mol. The first kappa shape index (κ1) is 43.6. The standard InChI is InChI=1S/C10H15N4.C6H5ClN2O2.C4H9N2.2C2H6.CH4.2W/c11-8-2-1-3-9(10(8)12)14-6-4-13-5-7-14;7-4-2-1-3-5(8)6(4)9(10)11;1-2-6-4-3-5-1;2*1-2;;;/h1-3H,4-7,11-12H2;1-3H,8H2;5H,1-4H2;2*1-2H3;1H4;;/q-1;;-1;;;;;. The molecule has 2 aliphatic rings. The van der Waals surface area contributed by atoms with Gasteiger partial charge >= 0.3 is 5.69 Å². The van der Waals surface area contributed by atoms with Gasteiger partial charge in [0.05, 0.1) is 22.0 Å². The molecule has 38 heavy (non-hydrogen) atoms. The number of nitro groups is 1. The van der Waals surface area contributed by atoms with Crippen molar-refractivity contribution in [3.05, 3.63) is 62.2 Å². The van der Waals surface area contributed by atoms with Crippen molar-refractivity contribution in [3.63, 3.8) is 0 Å². The zero-order chi connectivity index (χ0) is 26.6. The third-order valence-corrected chi connectivity index (χ3v) is 4.91. The second-order valence-electron chi connectivity index (χ2n) is 6.79. The third-order valence-electron chi connectivity index (χ3n) is 4.61. The molecule has 4 rings (SSSR count). The number of anilines is 4. The topological polar surface area (TPSA) is 165 Å². The molecule has 2 fully saturated rings. The van der Waals surface area contributed by atoms with Gasteiger partial charge in [-0.15, -0.1) is 26.2 Å². The quantitative estimate of drug-likeness (QED) is 0.175. The Morgan fingerprint density at radius 3 is 1.74 bits per heavy atom. The van der Waals surface area contributed by atoms with Crippen molar-refractivity contribution in [1.82, 2.24) is 5.32 Å². The minimum atomic E-state index is -0.600. The van der Waals surface area contributed by atoms with Crippen LogP contribution in [0.2, 0.25) is 5.02 Å². The predicted molar refractivity (Wildman–Crippen MR) is 158 cm³/mol. The maximum Gasteiger partial charge on any atom is 0.310 e. The van der Waals surface area contributed by atoms with Crippen molar-refractivity contribution >= 4 is 40.0 Å². The summed E-state index contributed by atoms with van der Waals surface area (Å²) in [5, 5.41) is 21.9. The van der Waals surface area contributed by atoms with E-state index in [4.69, 9.17) is 28.8 Å². The number of nitro benzene ring substituents is 1. The Morgan fingerprint density at radius 2 is 1.34 bits per heavy atom. The van der Waals surface area contributed by atoms with E-state index < -0.39 is 4.92 Å². The van der Waals surface area contributed by atoms with E-state index in [1.54, 1.807) is 6.07 Å². The van der Waals surface area contributed by atoms with Crippen LogP contribution in [-0.2, 0) is 42.1 Å². The van der Waals surface area contributed by atoms with Crippen molar-refractivity contribution in [2.24, 2.45) is 0 Å². The van der Waals surface area contributed by atoms with Crippen LogP contribution in [0.4, 0.5) is 28.4 Å². The van der Waals surface area contributed by atoms with Crippen LogP contribution in [-0.4, -0.2) is 57.3 Å². The number of nitrogens with two attached hydrogens (primary N) is 3. The molecule has 2 aromatic carbocycles. The van der Waals surface area contributed by atoms with Crippen molar-refractivity contribution in [3.8, 4) is 0 Å². The summed E-state index contributed by atoms with van der Waals surface area (Å²) in [5.41, 5.74) is 19.2. The molecule has 10 nitrogen and oxygen atoms in total. The first-order chi connectivity index (χ1) is 16.9. The van der Waals surface area contributed by atoms with Gasteiger partial charge in [0.1, 0.15) is 10.7 Å². The normalized spacial score (nSPS) is 13.1. The van der Waals surface area contributed by atoms with Gasteiger partial charge in [0.25, 0.3) is 0 Å². The van der Waals surface area contributed by atoms with Gasteiger partial charge in [0.2, 0.25) is 0 Å². The Morgan fingerprint density at radius 1 is 0.868 bits per heavy atom. The fraction of sp³-hybridized carbons (Fsp3) is 0.520. The first-order valence-corrected chi connectivity index (χ1v) is 12.3. The second-order valence-corrected chi connectivity index (χ2v) is 7.20. The SMILES string of the molecule is C.C1CNCC[N-]1.CC.CC.Nc1cccc(Cl)c1[N+](=O)[O-].Nc1cccc(N2CC[N-]CC2)c1N.[W].[W]. The maximum absolute atomic E-state index is 10.3.